The van der Waals surface area contributed by atoms with Gasteiger partial charge in [-0.2, -0.15) is 0 Å². The number of hydrogen-bond acceptors (Lipinski definition) is 4. The maximum Gasteiger partial charge on any atom is 0.179 e. The van der Waals surface area contributed by atoms with Crippen LogP contribution in [-0.2, 0) is 9.47 Å². The molecular weight excluding hydrogens is 230 g/mol. The van der Waals surface area contributed by atoms with Crippen LogP contribution in [-0.4, -0.2) is 74.4 Å². The van der Waals surface area contributed by atoms with Gasteiger partial charge in [0.2, 0.25) is 0 Å². The van der Waals surface area contributed by atoms with Gasteiger partial charge in [-0.15, -0.1) is 0 Å². The van der Waals surface area contributed by atoms with Gasteiger partial charge in [0, 0.05) is 26.2 Å². The molecule has 0 N–H and O–H groups in total. The second-order valence-corrected chi connectivity index (χ2v) is 4.26. The first-order valence-corrected chi connectivity index (χ1v) is 6.11. The molecule has 2 aliphatic heterocycles. The SMILES string of the molecule is ClC(/N=C\N1CCOCC1)N1CCOCC1. The third kappa shape index (κ3) is 3.59. The molecule has 2 fully saturated rings. The highest BCUT2D eigenvalue weighted by Crippen LogP contribution is 2.09. The van der Waals surface area contributed by atoms with E-state index in [0.717, 1.165) is 52.6 Å². The molecule has 16 heavy (non-hydrogen) atoms. The smallest absolute Gasteiger partial charge is 0.179 e. The van der Waals surface area contributed by atoms with Crippen molar-refractivity contribution in [2.24, 2.45) is 4.99 Å². The van der Waals surface area contributed by atoms with Crippen molar-refractivity contribution in [2.75, 3.05) is 52.6 Å². The van der Waals surface area contributed by atoms with Gasteiger partial charge in [0.15, 0.2) is 5.62 Å². The zero-order valence-corrected chi connectivity index (χ0v) is 10.1. The first-order valence-electron chi connectivity index (χ1n) is 5.67. The van der Waals surface area contributed by atoms with Gasteiger partial charge in [-0.1, -0.05) is 11.6 Å². The predicted octanol–water partition coefficient (Wildman–Crippen LogP) is 0.202. The van der Waals surface area contributed by atoms with Crippen molar-refractivity contribution in [3.8, 4) is 0 Å². The number of morpholine rings is 2. The van der Waals surface area contributed by atoms with E-state index in [9.17, 15) is 0 Å². The summed E-state index contributed by atoms with van der Waals surface area (Å²) in [6.45, 7) is 6.55. The Balaban J connectivity index is 1.75. The van der Waals surface area contributed by atoms with Crippen molar-refractivity contribution in [1.82, 2.24) is 9.80 Å². The van der Waals surface area contributed by atoms with Gasteiger partial charge >= 0.3 is 0 Å². The molecular formula is C10H18ClN3O2. The maximum atomic E-state index is 6.19. The van der Waals surface area contributed by atoms with E-state index in [1.54, 1.807) is 0 Å². The van der Waals surface area contributed by atoms with E-state index < -0.39 is 0 Å². The zero-order chi connectivity index (χ0) is 11.2. The van der Waals surface area contributed by atoms with Crippen molar-refractivity contribution in [3.63, 3.8) is 0 Å². The quantitative estimate of drug-likeness (QED) is 0.309. The Morgan fingerprint density at radius 1 is 1.00 bits per heavy atom. The molecule has 5 nitrogen and oxygen atoms in total. The molecule has 6 heteroatoms. The van der Waals surface area contributed by atoms with Crippen molar-refractivity contribution in [2.45, 2.75) is 5.62 Å². The summed E-state index contributed by atoms with van der Waals surface area (Å²) in [7, 11) is 0. The molecule has 0 aromatic rings. The van der Waals surface area contributed by atoms with Crippen molar-refractivity contribution < 1.29 is 9.47 Å². The lowest BCUT2D eigenvalue weighted by Gasteiger charge is -2.29. The molecule has 0 aliphatic carbocycles. The van der Waals surface area contributed by atoms with Crippen LogP contribution in [0.3, 0.4) is 0 Å². The minimum atomic E-state index is -0.272. The highest BCUT2D eigenvalue weighted by molar-refractivity contribution is 6.20. The molecule has 0 bridgehead atoms. The lowest BCUT2D eigenvalue weighted by atomic mass is 10.4. The molecule has 1 atom stereocenters. The summed E-state index contributed by atoms with van der Waals surface area (Å²) in [5.74, 6) is 0. The topological polar surface area (TPSA) is 37.3 Å². The molecule has 2 rings (SSSR count). The monoisotopic (exact) mass is 247 g/mol. The second-order valence-electron chi connectivity index (χ2n) is 3.87. The number of alkyl halides is 1. The molecule has 1 unspecified atom stereocenters. The summed E-state index contributed by atoms with van der Waals surface area (Å²) in [5.41, 5.74) is -0.272. The third-order valence-corrected chi connectivity index (χ3v) is 3.13. The molecule has 92 valence electrons. The van der Waals surface area contributed by atoms with Crippen LogP contribution in [0.25, 0.3) is 0 Å². The van der Waals surface area contributed by atoms with Gasteiger partial charge in [0.05, 0.1) is 32.8 Å². The van der Waals surface area contributed by atoms with Crippen LogP contribution >= 0.6 is 11.6 Å². The summed E-state index contributed by atoms with van der Waals surface area (Å²) in [5, 5.41) is 0. The lowest BCUT2D eigenvalue weighted by Crippen LogP contribution is -2.41. The highest BCUT2D eigenvalue weighted by atomic mass is 35.5. The Morgan fingerprint density at radius 2 is 1.56 bits per heavy atom. The Hall–Kier alpha value is -0.360. The van der Waals surface area contributed by atoms with Gasteiger partial charge in [-0.25, -0.2) is 4.99 Å². The Morgan fingerprint density at radius 3 is 2.19 bits per heavy atom. The van der Waals surface area contributed by atoms with E-state index in [-0.39, 0.29) is 5.62 Å². The maximum absolute atomic E-state index is 6.19. The number of aliphatic imine (C=N–C) groups is 1. The van der Waals surface area contributed by atoms with Crippen LogP contribution in [0.15, 0.2) is 4.99 Å². The molecule has 2 heterocycles. The van der Waals surface area contributed by atoms with Crippen molar-refractivity contribution in [3.05, 3.63) is 0 Å². The van der Waals surface area contributed by atoms with Crippen LogP contribution in [0.5, 0.6) is 0 Å². The Kier molecular flexibility index (Phi) is 4.84. The lowest BCUT2D eigenvalue weighted by molar-refractivity contribution is 0.0322. The van der Waals surface area contributed by atoms with Gasteiger partial charge < -0.3 is 14.4 Å². The molecule has 0 saturated carbocycles. The zero-order valence-electron chi connectivity index (χ0n) is 9.35. The number of halogens is 1. The van der Waals surface area contributed by atoms with Crippen LogP contribution in [0.4, 0.5) is 0 Å². The fourth-order valence-electron chi connectivity index (χ4n) is 1.73. The number of nitrogens with zero attached hydrogens (tertiary/aromatic N) is 3. The summed E-state index contributed by atoms with van der Waals surface area (Å²) in [6.07, 6.45) is 1.84. The molecule has 0 amide bonds. The fourth-order valence-corrected chi connectivity index (χ4v) is 1.97. The molecule has 0 radical (unpaired) electrons. The first kappa shape index (κ1) is 12.1. The second kappa shape index (κ2) is 6.39. The average Bonchev–Trinajstić information content (AvgIpc) is 2.38. The van der Waals surface area contributed by atoms with Gasteiger partial charge in [-0.05, 0) is 0 Å². The molecule has 2 saturated heterocycles. The van der Waals surface area contributed by atoms with E-state index in [4.69, 9.17) is 21.1 Å². The molecule has 0 spiro atoms. The normalized spacial score (nSPS) is 26.2. The highest BCUT2D eigenvalue weighted by Gasteiger charge is 2.17. The number of ether oxygens (including phenoxy) is 2. The van der Waals surface area contributed by atoms with E-state index >= 15 is 0 Å². The number of rotatable bonds is 3. The van der Waals surface area contributed by atoms with E-state index in [1.165, 1.54) is 0 Å². The average molecular weight is 248 g/mol. The van der Waals surface area contributed by atoms with E-state index in [0.29, 0.717) is 0 Å². The third-order valence-electron chi connectivity index (χ3n) is 2.75. The fraction of sp³-hybridized carbons (Fsp3) is 0.900. The van der Waals surface area contributed by atoms with Gasteiger partial charge in [-0.3, -0.25) is 4.90 Å². The summed E-state index contributed by atoms with van der Waals surface area (Å²) in [4.78, 5) is 8.60. The van der Waals surface area contributed by atoms with Crippen LogP contribution < -0.4 is 0 Å². The van der Waals surface area contributed by atoms with E-state index in [2.05, 4.69) is 14.8 Å². The number of hydrogen-bond donors (Lipinski definition) is 0. The summed E-state index contributed by atoms with van der Waals surface area (Å²) < 4.78 is 10.5. The standard InChI is InChI=1S/C10H18ClN3O2/c11-10(14-3-7-16-8-4-14)12-9-13-1-5-15-6-2-13/h9-10H,1-8H2/b12-9-. The largest absolute Gasteiger partial charge is 0.379 e. The first-order chi connectivity index (χ1) is 7.86. The molecule has 0 aromatic carbocycles. The van der Waals surface area contributed by atoms with Crippen LogP contribution in [0.2, 0.25) is 0 Å². The van der Waals surface area contributed by atoms with Gasteiger partial charge in [0.1, 0.15) is 0 Å². The summed E-state index contributed by atoms with van der Waals surface area (Å²) >= 11 is 6.19. The minimum Gasteiger partial charge on any atom is -0.379 e. The Labute approximate surface area is 101 Å². The minimum absolute atomic E-state index is 0.272. The van der Waals surface area contributed by atoms with Crippen molar-refractivity contribution >= 4 is 17.9 Å². The van der Waals surface area contributed by atoms with Gasteiger partial charge in [0.25, 0.3) is 0 Å². The van der Waals surface area contributed by atoms with Crippen LogP contribution in [0.1, 0.15) is 0 Å². The van der Waals surface area contributed by atoms with E-state index in [1.807, 2.05) is 6.34 Å². The molecule has 2 aliphatic rings. The summed E-state index contributed by atoms with van der Waals surface area (Å²) in [6, 6.07) is 0. The predicted molar refractivity (Wildman–Crippen MR) is 62.9 cm³/mol. The Bertz CT molecular complexity index is 228. The van der Waals surface area contributed by atoms with Crippen LogP contribution in [0, 0.1) is 0 Å². The van der Waals surface area contributed by atoms with Crippen molar-refractivity contribution in [1.29, 1.82) is 0 Å². The molecule has 0 aromatic heterocycles.